The van der Waals surface area contributed by atoms with Crippen molar-refractivity contribution in [3.63, 3.8) is 0 Å². The second kappa shape index (κ2) is 6.39. The number of hydrogen-bond donors (Lipinski definition) is 1. The molecule has 1 aromatic carbocycles. The van der Waals surface area contributed by atoms with Crippen LogP contribution < -0.4 is 14.8 Å². The third-order valence-corrected chi connectivity index (χ3v) is 3.01. The van der Waals surface area contributed by atoms with Crippen molar-refractivity contribution in [1.82, 2.24) is 5.16 Å². The van der Waals surface area contributed by atoms with Crippen LogP contribution in [0.3, 0.4) is 0 Å². The Morgan fingerprint density at radius 3 is 2.74 bits per heavy atom. The molecular weight excluding hydrogens is 304 g/mol. The second-order valence-corrected chi connectivity index (χ2v) is 4.81. The van der Waals surface area contributed by atoms with E-state index >= 15 is 0 Å². The summed E-state index contributed by atoms with van der Waals surface area (Å²) in [5.74, 6) is 0.745. The largest absolute Gasteiger partial charge is 0.486 e. The highest BCUT2D eigenvalue weighted by Gasteiger charge is 2.17. The van der Waals surface area contributed by atoms with E-state index < -0.39 is 18.5 Å². The standard InChI is InChI=1S/C15H14N2O6/c1-9-6-13(17-23-9)16-14(18)8-22-15(19)10-2-3-11-12(7-10)21-5-4-20-11/h2-3,6-7H,4-5,8H2,1H3,(H,16,17,18). The number of amides is 1. The smallest absolute Gasteiger partial charge is 0.338 e. The van der Waals surface area contributed by atoms with Crippen molar-refractivity contribution in [3.05, 3.63) is 35.6 Å². The lowest BCUT2D eigenvalue weighted by Gasteiger charge is -2.18. The van der Waals surface area contributed by atoms with Gasteiger partial charge < -0.3 is 24.1 Å². The number of aromatic nitrogens is 1. The van der Waals surface area contributed by atoms with Gasteiger partial charge in [-0.15, -0.1) is 0 Å². The molecule has 1 aliphatic heterocycles. The van der Waals surface area contributed by atoms with Crippen LogP contribution in [0.1, 0.15) is 16.1 Å². The van der Waals surface area contributed by atoms with Gasteiger partial charge in [-0.25, -0.2) is 4.79 Å². The quantitative estimate of drug-likeness (QED) is 0.854. The lowest BCUT2D eigenvalue weighted by Crippen LogP contribution is -2.21. The molecule has 0 unspecified atom stereocenters. The number of hydrogen-bond acceptors (Lipinski definition) is 7. The van der Waals surface area contributed by atoms with Crippen molar-refractivity contribution >= 4 is 17.7 Å². The molecule has 0 saturated heterocycles. The van der Waals surface area contributed by atoms with Crippen LogP contribution in [0, 0.1) is 6.92 Å². The van der Waals surface area contributed by atoms with Gasteiger partial charge in [0, 0.05) is 6.07 Å². The van der Waals surface area contributed by atoms with Gasteiger partial charge in [0.1, 0.15) is 19.0 Å². The van der Waals surface area contributed by atoms with Crippen LogP contribution in [0.15, 0.2) is 28.8 Å². The number of esters is 1. The van der Waals surface area contributed by atoms with Crippen molar-refractivity contribution in [1.29, 1.82) is 0 Å². The van der Waals surface area contributed by atoms with Crippen molar-refractivity contribution in [2.45, 2.75) is 6.92 Å². The summed E-state index contributed by atoms with van der Waals surface area (Å²) in [5, 5.41) is 6.07. The summed E-state index contributed by atoms with van der Waals surface area (Å²) in [6.07, 6.45) is 0. The first kappa shape index (κ1) is 14.9. The number of anilines is 1. The maximum atomic E-state index is 12.0. The molecule has 0 spiro atoms. The number of nitrogens with one attached hydrogen (secondary N) is 1. The normalized spacial score (nSPS) is 12.6. The summed E-state index contributed by atoms with van der Waals surface area (Å²) in [6.45, 7) is 2.16. The van der Waals surface area contributed by atoms with Gasteiger partial charge in [-0.05, 0) is 25.1 Å². The first-order valence-corrected chi connectivity index (χ1v) is 6.92. The number of carbonyl (C=O) groups excluding carboxylic acids is 2. The summed E-state index contributed by atoms with van der Waals surface area (Å²) in [5.41, 5.74) is 0.277. The number of aryl methyl sites for hydroxylation is 1. The molecule has 0 aliphatic carbocycles. The van der Waals surface area contributed by atoms with Crippen molar-refractivity contribution in [3.8, 4) is 11.5 Å². The average Bonchev–Trinajstić information content (AvgIpc) is 2.97. The van der Waals surface area contributed by atoms with Gasteiger partial charge in [-0.3, -0.25) is 4.79 Å². The van der Waals surface area contributed by atoms with E-state index in [1.807, 2.05) is 0 Å². The van der Waals surface area contributed by atoms with E-state index in [2.05, 4.69) is 10.5 Å². The van der Waals surface area contributed by atoms with E-state index in [1.165, 1.54) is 6.07 Å². The minimum absolute atomic E-state index is 0.267. The Labute approximate surface area is 131 Å². The predicted octanol–water partition coefficient (Wildman–Crippen LogP) is 1.55. The first-order valence-electron chi connectivity index (χ1n) is 6.92. The number of benzene rings is 1. The highest BCUT2D eigenvalue weighted by Crippen LogP contribution is 2.30. The molecule has 0 bridgehead atoms. The molecule has 0 saturated carbocycles. The zero-order valence-corrected chi connectivity index (χ0v) is 12.3. The van der Waals surface area contributed by atoms with Gasteiger partial charge >= 0.3 is 5.97 Å². The molecule has 2 aromatic rings. The Bertz CT molecular complexity index is 739. The molecule has 0 fully saturated rings. The Morgan fingerprint density at radius 1 is 1.22 bits per heavy atom. The van der Waals surface area contributed by atoms with Crippen molar-refractivity contribution < 1.29 is 28.3 Å². The Balaban J connectivity index is 1.55. The fraction of sp³-hybridized carbons (Fsp3) is 0.267. The van der Waals surface area contributed by atoms with Gasteiger partial charge in [-0.2, -0.15) is 0 Å². The third kappa shape index (κ3) is 3.60. The predicted molar refractivity (Wildman–Crippen MR) is 77.6 cm³/mol. The van der Waals surface area contributed by atoms with Gasteiger partial charge in [0.05, 0.1) is 5.56 Å². The van der Waals surface area contributed by atoms with Crippen LogP contribution >= 0.6 is 0 Å². The molecule has 8 nitrogen and oxygen atoms in total. The maximum Gasteiger partial charge on any atom is 0.338 e. The van der Waals surface area contributed by atoms with E-state index in [0.717, 1.165) is 0 Å². The minimum Gasteiger partial charge on any atom is -0.486 e. The van der Waals surface area contributed by atoms with E-state index in [-0.39, 0.29) is 11.4 Å². The van der Waals surface area contributed by atoms with E-state index in [9.17, 15) is 9.59 Å². The second-order valence-electron chi connectivity index (χ2n) is 4.81. The number of ether oxygens (including phenoxy) is 3. The monoisotopic (exact) mass is 318 g/mol. The van der Waals surface area contributed by atoms with Gasteiger partial charge in [0.2, 0.25) is 0 Å². The lowest BCUT2D eigenvalue weighted by molar-refractivity contribution is -0.119. The molecule has 2 heterocycles. The first-order chi connectivity index (χ1) is 11.1. The minimum atomic E-state index is -0.631. The van der Waals surface area contributed by atoms with E-state index in [0.29, 0.717) is 30.5 Å². The van der Waals surface area contributed by atoms with Gasteiger partial charge in [0.15, 0.2) is 23.9 Å². The third-order valence-electron chi connectivity index (χ3n) is 3.01. The highest BCUT2D eigenvalue weighted by molar-refractivity contribution is 5.95. The van der Waals surface area contributed by atoms with Crippen LogP contribution in [0.5, 0.6) is 11.5 Å². The summed E-state index contributed by atoms with van der Waals surface area (Å²) in [4.78, 5) is 23.6. The van der Waals surface area contributed by atoms with Crippen LogP contribution in [0.2, 0.25) is 0 Å². The van der Waals surface area contributed by atoms with E-state index in [1.54, 1.807) is 25.1 Å². The molecule has 8 heteroatoms. The summed E-state index contributed by atoms with van der Waals surface area (Å²) < 4.78 is 20.5. The molecule has 1 aliphatic rings. The van der Waals surface area contributed by atoms with Crippen LogP contribution in [-0.4, -0.2) is 36.9 Å². The lowest BCUT2D eigenvalue weighted by atomic mass is 10.2. The number of carbonyl (C=O) groups is 2. The summed E-state index contributed by atoms with van der Waals surface area (Å²) in [6, 6.07) is 6.26. The summed E-state index contributed by atoms with van der Waals surface area (Å²) in [7, 11) is 0. The number of nitrogens with zero attached hydrogens (tertiary/aromatic N) is 1. The Hall–Kier alpha value is -3.03. The molecule has 1 aromatic heterocycles. The fourth-order valence-electron chi connectivity index (χ4n) is 1.99. The molecular formula is C15H14N2O6. The molecule has 0 radical (unpaired) electrons. The SMILES string of the molecule is Cc1cc(NC(=O)COC(=O)c2ccc3c(c2)OCCO3)no1. The fourth-order valence-corrected chi connectivity index (χ4v) is 1.99. The van der Waals surface area contributed by atoms with Gasteiger partial charge in [0.25, 0.3) is 5.91 Å². The molecule has 0 atom stereocenters. The van der Waals surface area contributed by atoms with Crippen LogP contribution in [0.25, 0.3) is 0 Å². The van der Waals surface area contributed by atoms with Crippen molar-refractivity contribution in [2.24, 2.45) is 0 Å². The zero-order valence-electron chi connectivity index (χ0n) is 12.3. The zero-order chi connectivity index (χ0) is 16.2. The molecule has 3 rings (SSSR count). The highest BCUT2D eigenvalue weighted by atomic mass is 16.6. The molecule has 1 amide bonds. The Kier molecular flexibility index (Phi) is 4.13. The van der Waals surface area contributed by atoms with Crippen molar-refractivity contribution in [2.75, 3.05) is 25.1 Å². The molecule has 1 N–H and O–H groups in total. The Morgan fingerprint density at radius 2 is 2.00 bits per heavy atom. The average molecular weight is 318 g/mol. The maximum absolute atomic E-state index is 12.0. The van der Waals surface area contributed by atoms with Crippen LogP contribution in [0.4, 0.5) is 5.82 Å². The van der Waals surface area contributed by atoms with E-state index in [4.69, 9.17) is 18.7 Å². The van der Waals surface area contributed by atoms with Crippen LogP contribution in [-0.2, 0) is 9.53 Å². The molecule has 23 heavy (non-hydrogen) atoms. The summed E-state index contributed by atoms with van der Waals surface area (Å²) >= 11 is 0. The number of fused-ring (bicyclic) bond motifs is 1. The molecule has 120 valence electrons. The number of rotatable bonds is 4. The van der Waals surface area contributed by atoms with Gasteiger partial charge in [-0.1, -0.05) is 5.16 Å². The topological polar surface area (TPSA) is 99.9 Å².